The summed E-state index contributed by atoms with van der Waals surface area (Å²) in [6.07, 6.45) is 8.88. The van der Waals surface area contributed by atoms with Gasteiger partial charge in [-0.15, -0.1) is 0 Å². The summed E-state index contributed by atoms with van der Waals surface area (Å²) >= 11 is 0. The predicted octanol–water partition coefficient (Wildman–Crippen LogP) is 9.85. The summed E-state index contributed by atoms with van der Waals surface area (Å²) in [6.45, 7) is 6.56. The van der Waals surface area contributed by atoms with Gasteiger partial charge in [-0.25, -0.2) is 0 Å². The smallest absolute Gasteiger partial charge is 0.276 e. The molecule has 1 amide bonds. The Hall–Kier alpha value is -4.78. The first-order valence-electron chi connectivity index (χ1n) is 19.1. The second-order valence-corrected chi connectivity index (χ2v) is 16.4. The minimum atomic E-state index is -0.0234. The van der Waals surface area contributed by atoms with E-state index in [1.165, 1.54) is 75.0 Å². The molecular formula is C48H56N4O2. The number of nitrogens with one attached hydrogen (secondary N) is 2. The number of hydrogen-bond donors (Lipinski definition) is 2. The Morgan fingerprint density at radius 3 is 1.56 bits per heavy atom. The summed E-state index contributed by atoms with van der Waals surface area (Å²) in [7, 11) is 0. The molecule has 6 nitrogen and oxygen atoms in total. The van der Waals surface area contributed by atoms with Crippen LogP contribution in [0.15, 0.2) is 138 Å². The van der Waals surface area contributed by atoms with Gasteiger partial charge in [0.1, 0.15) is 0 Å². The summed E-state index contributed by atoms with van der Waals surface area (Å²) in [6, 6.07) is 43.8. The minimum Gasteiger partial charge on any atom is -0.355 e. The van der Waals surface area contributed by atoms with Gasteiger partial charge in [-0.3, -0.25) is 4.79 Å². The van der Waals surface area contributed by atoms with Crippen LogP contribution in [0.25, 0.3) is 16.9 Å². The standard InChI is InChI=1S/C22H20N2O2.C12H15N.C12H13N.2CH4/c25-21(19-11-20(26-23-19)17-9-5-2-6-10-17)24-14-22(15-24)12-18(13-22)16-7-3-1-4-8-16;2*1-2-4-10(5-3-1)11-6-12(7-11)8-13-9-12;;/h1-11,18H,12-15H2;1-5,11,13H,6-9H2;1-6,13H,7-9H2;2*1H4. The number of benzene rings is 4. The zero-order chi connectivity index (χ0) is 35.0. The average Bonchev–Trinajstić information content (AvgIpc) is 3.58. The van der Waals surface area contributed by atoms with Gasteiger partial charge in [-0.05, 0) is 71.6 Å². The molecule has 6 aliphatic rings. The fraction of sp³-hybridized carbons (Fsp3) is 0.375. The predicted molar refractivity (Wildman–Crippen MR) is 220 cm³/mol. The maximum Gasteiger partial charge on any atom is 0.276 e. The van der Waals surface area contributed by atoms with E-state index in [1.54, 1.807) is 11.6 Å². The maximum absolute atomic E-state index is 12.7. The number of nitrogens with zero attached hydrogens (tertiary/aromatic N) is 2. The highest BCUT2D eigenvalue weighted by molar-refractivity contribution is 5.93. The average molecular weight is 721 g/mol. The Morgan fingerprint density at radius 2 is 1.09 bits per heavy atom. The largest absolute Gasteiger partial charge is 0.355 e. The van der Waals surface area contributed by atoms with Crippen molar-refractivity contribution in [3.05, 3.63) is 156 Å². The van der Waals surface area contributed by atoms with E-state index in [9.17, 15) is 4.79 Å². The molecular weight excluding hydrogens is 665 g/mol. The van der Waals surface area contributed by atoms with Crippen molar-refractivity contribution in [3.8, 4) is 11.3 Å². The zero-order valence-corrected chi connectivity index (χ0v) is 29.8. The number of allylic oxidation sites excluding steroid dienone is 1. The molecule has 2 saturated carbocycles. The van der Waals surface area contributed by atoms with Crippen LogP contribution in [0.4, 0.5) is 0 Å². The fourth-order valence-corrected chi connectivity index (χ4v) is 9.33. The van der Waals surface area contributed by atoms with Crippen LogP contribution in [-0.4, -0.2) is 55.2 Å². The highest BCUT2D eigenvalue weighted by atomic mass is 16.5. The molecule has 1 aromatic heterocycles. The molecule has 5 fully saturated rings. The zero-order valence-electron chi connectivity index (χ0n) is 29.8. The van der Waals surface area contributed by atoms with Crippen LogP contribution < -0.4 is 10.6 Å². The van der Waals surface area contributed by atoms with Gasteiger partial charge >= 0.3 is 0 Å². The second-order valence-electron chi connectivity index (χ2n) is 16.4. The Labute approximate surface area is 322 Å². The molecule has 4 heterocycles. The third kappa shape index (κ3) is 7.47. The first-order valence-corrected chi connectivity index (χ1v) is 19.1. The van der Waals surface area contributed by atoms with Crippen LogP contribution in [-0.2, 0) is 0 Å². The van der Waals surface area contributed by atoms with Crippen molar-refractivity contribution >= 4 is 11.5 Å². The number of likely N-dealkylation sites (tertiary alicyclic amines) is 1. The quantitative estimate of drug-likeness (QED) is 0.189. The Morgan fingerprint density at radius 1 is 0.630 bits per heavy atom. The minimum absolute atomic E-state index is 0. The number of carbonyl (C=O) groups is 1. The summed E-state index contributed by atoms with van der Waals surface area (Å²) in [4.78, 5) is 14.6. The monoisotopic (exact) mass is 720 g/mol. The van der Waals surface area contributed by atoms with Gasteiger partial charge in [0.2, 0.25) is 0 Å². The lowest BCUT2D eigenvalue weighted by atomic mass is 9.56. The molecule has 280 valence electrons. The van der Waals surface area contributed by atoms with Crippen LogP contribution >= 0.6 is 0 Å². The van der Waals surface area contributed by atoms with Crippen LogP contribution in [0.3, 0.4) is 0 Å². The molecule has 0 bridgehead atoms. The molecule has 3 saturated heterocycles. The van der Waals surface area contributed by atoms with Gasteiger partial charge in [0.05, 0.1) is 0 Å². The maximum atomic E-state index is 12.7. The molecule has 0 atom stereocenters. The molecule has 2 N–H and O–H groups in total. The van der Waals surface area contributed by atoms with E-state index in [0.29, 0.717) is 33.6 Å². The second kappa shape index (κ2) is 15.5. The van der Waals surface area contributed by atoms with E-state index in [2.05, 4.69) is 113 Å². The lowest BCUT2D eigenvalue weighted by Gasteiger charge is -2.59. The van der Waals surface area contributed by atoms with Crippen molar-refractivity contribution in [3.63, 3.8) is 0 Å². The molecule has 4 aromatic carbocycles. The Bertz CT molecular complexity index is 1990. The third-order valence-electron chi connectivity index (χ3n) is 12.5. The summed E-state index contributed by atoms with van der Waals surface area (Å²) < 4.78 is 5.36. The van der Waals surface area contributed by atoms with Crippen LogP contribution in [0.2, 0.25) is 0 Å². The van der Waals surface area contributed by atoms with Crippen molar-refractivity contribution in [2.24, 2.45) is 16.2 Å². The number of aromatic nitrogens is 1. The van der Waals surface area contributed by atoms with Gasteiger partial charge in [0.15, 0.2) is 11.5 Å². The van der Waals surface area contributed by atoms with Gasteiger partial charge in [-0.1, -0.05) is 147 Å². The van der Waals surface area contributed by atoms with Gasteiger partial charge in [0, 0.05) is 61.7 Å². The lowest BCUT2D eigenvalue weighted by molar-refractivity contribution is -0.0557. The molecule has 3 spiro atoms. The van der Waals surface area contributed by atoms with E-state index in [4.69, 9.17) is 4.52 Å². The summed E-state index contributed by atoms with van der Waals surface area (Å²) in [5.74, 6) is 2.11. The molecule has 0 unspecified atom stereocenters. The van der Waals surface area contributed by atoms with E-state index in [1.807, 2.05) is 35.2 Å². The Balaban J connectivity index is 0.000000135. The molecule has 54 heavy (non-hydrogen) atoms. The first-order chi connectivity index (χ1) is 25.5. The number of amides is 1. The lowest BCUT2D eigenvalue weighted by Crippen LogP contribution is -2.63. The summed E-state index contributed by atoms with van der Waals surface area (Å²) in [5.41, 5.74) is 8.81. The van der Waals surface area contributed by atoms with Crippen LogP contribution in [0, 0.1) is 16.2 Å². The van der Waals surface area contributed by atoms with Crippen molar-refractivity contribution in [2.45, 2.75) is 58.8 Å². The molecule has 0 radical (unpaired) electrons. The molecule has 5 aromatic rings. The van der Waals surface area contributed by atoms with Crippen molar-refractivity contribution in [2.75, 3.05) is 39.3 Å². The van der Waals surface area contributed by atoms with E-state index in [-0.39, 0.29) is 20.8 Å². The normalized spacial score (nSPS) is 21.5. The number of rotatable bonds is 5. The molecule has 11 rings (SSSR count). The topological polar surface area (TPSA) is 70.4 Å². The first kappa shape index (κ1) is 37.5. The van der Waals surface area contributed by atoms with Crippen molar-refractivity contribution in [1.82, 2.24) is 20.7 Å². The highest BCUT2D eigenvalue weighted by Gasteiger charge is 2.54. The molecule has 3 aliphatic carbocycles. The number of carbonyl (C=O) groups excluding carboxylic acids is 1. The van der Waals surface area contributed by atoms with Gasteiger partial charge in [-0.2, -0.15) is 0 Å². The van der Waals surface area contributed by atoms with E-state index >= 15 is 0 Å². The van der Waals surface area contributed by atoms with Crippen molar-refractivity contribution in [1.29, 1.82) is 0 Å². The van der Waals surface area contributed by atoms with Crippen LogP contribution in [0.5, 0.6) is 0 Å². The van der Waals surface area contributed by atoms with E-state index in [0.717, 1.165) is 24.6 Å². The highest BCUT2D eigenvalue weighted by Crippen LogP contribution is 2.56. The van der Waals surface area contributed by atoms with Gasteiger partial charge in [0.25, 0.3) is 5.91 Å². The van der Waals surface area contributed by atoms with Crippen molar-refractivity contribution < 1.29 is 9.32 Å². The van der Waals surface area contributed by atoms with Crippen LogP contribution in [0.1, 0.15) is 86.0 Å². The molecule has 3 aliphatic heterocycles. The molecule has 6 heteroatoms. The summed E-state index contributed by atoms with van der Waals surface area (Å²) in [5, 5.41) is 10.7. The van der Waals surface area contributed by atoms with E-state index < -0.39 is 0 Å². The SMILES string of the molecule is C.C.C1=C(c2ccccc2)CC12CNC2.O=C(c1cc(-c2ccccc2)on1)N1CC2(CC(c3ccccc3)C2)C1.c1ccc(C2CC3(CNC3)C2)cc1. The van der Waals surface area contributed by atoms with Gasteiger partial charge < -0.3 is 20.1 Å². The number of hydrogen-bond acceptors (Lipinski definition) is 5. The Kier molecular flexibility index (Phi) is 10.8. The fourth-order valence-electron chi connectivity index (χ4n) is 9.33. The third-order valence-corrected chi connectivity index (χ3v) is 12.5.